The van der Waals surface area contributed by atoms with Gasteiger partial charge < -0.3 is 15.4 Å². The van der Waals surface area contributed by atoms with Crippen LogP contribution in [0.5, 0.6) is 0 Å². The van der Waals surface area contributed by atoms with Gasteiger partial charge in [0.05, 0.1) is 11.0 Å². The molecule has 9 heteroatoms. The van der Waals surface area contributed by atoms with E-state index in [9.17, 15) is 22.0 Å². The highest BCUT2D eigenvalue weighted by Crippen LogP contribution is 2.21. The second kappa shape index (κ2) is 7.01. The van der Waals surface area contributed by atoms with Gasteiger partial charge in [0.1, 0.15) is 0 Å². The van der Waals surface area contributed by atoms with E-state index in [2.05, 4.69) is 10.6 Å². The number of sulfone groups is 1. The first kappa shape index (κ1) is 16.6. The maximum Gasteiger partial charge on any atom is 0.341 e. The molecule has 6 nitrogen and oxygen atoms in total. The van der Waals surface area contributed by atoms with Crippen LogP contribution in [-0.2, 0) is 14.6 Å². The SMILES string of the molecule is O=C(NCC1CCCO1)Nc1cccc(S(=O)(=O)C(F)F)c1. The zero-order valence-corrected chi connectivity index (χ0v) is 12.4. The van der Waals surface area contributed by atoms with Gasteiger partial charge in [-0.05, 0) is 31.0 Å². The van der Waals surface area contributed by atoms with Gasteiger partial charge in [-0.15, -0.1) is 0 Å². The maximum atomic E-state index is 12.5. The van der Waals surface area contributed by atoms with Crippen LogP contribution < -0.4 is 10.6 Å². The molecule has 1 fully saturated rings. The summed E-state index contributed by atoms with van der Waals surface area (Å²) in [5.74, 6) is -3.50. The molecule has 0 aromatic heterocycles. The van der Waals surface area contributed by atoms with Crippen molar-refractivity contribution in [3.8, 4) is 0 Å². The highest BCUT2D eigenvalue weighted by molar-refractivity contribution is 7.91. The van der Waals surface area contributed by atoms with E-state index in [0.29, 0.717) is 13.2 Å². The van der Waals surface area contributed by atoms with Crippen LogP contribution in [0.4, 0.5) is 19.3 Å². The van der Waals surface area contributed by atoms with E-state index in [4.69, 9.17) is 4.74 Å². The number of halogens is 2. The molecule has 2 N–H and O–H groups in total. The first-order valence-corrected chi connectivity index (χ1v) is 8.23. The van der Waals surface area contributed by atoms with Crippen molar-refractivity contribution in [3.63, 3.8) is 0 Å². The summed E-state index contributed by atoms with van der Waals surface area (Å²) in [7, 11) is -4.69. The van der Waals surface area contributed by atoms with Gasteiger partial charge in [0.15, 0.2) is 0 Å². The molecule has 0 spiro atoms. The van der Waals surface area contributed by atoms with Crippen LogP contribution in [0.25, 0.3) is 0 Å². The Morgan fingerprint density at radius 2 is 2.18 bits per heavy atom. The molecule has 0 aliphatic carbocycles. The largest absolute Gasteiger partial charge is 0.376 e. The van der Waals surface area contributed by atoms with Gasteiger partial charge in [0.2, 0.25) is 9.84 Å². The Hall–Kier alpha value is -1.74. The summed E-state index contributed by atoms with van der Waals surface area (Å²) in [5.41, 5.74) is 0.117. The zero-order chi connectivity index (χ0) is 16.2. The number of anilines is 1. The molecule has 22 heavy (non-hydrogen) atoms. The Morgan fingerprint density at radius 3 is 2.82 bits per heavy atom. The smallest absolute Gasteiger partial charge is 0.341 e. The van der Waals surface area contributed by atoms with Gasteiger partial charge in [-0.25, -0.2) is 13.2 Å². The standard InChI is InChI=1S/C13H16F2N2O4S/c14-12(15)22(19,20)11-5-1-3-9(7-11)17-13(18)16-8-10-4-2-6-21-10/h1,3,5,7,10,12H,2,4,6,8H2,(H2,16,17,18). The number of alkyl halides is 2. The number of benzene rings is 1. The Bertz CT molecular complexity index is 631. The number of nitrogens with one attached hydrogen (secondary N) is 2. The molecule has 0 bridgehead atoms. The Morgan fingerprint density at radius 1 is 1.41 bits per heavy atom. The van der Waals surface area contributed by atoms with Crippen molar-refractivity contribution >= 4 is 21.6 Å². The van der Waals surface area contributed by atoms with Crippen LogP contribution >= 0.6 is 0 Å². The third-order valence-corrected chi connectivity index (χ3v) is 4.55. The summed E-state index contributed by atoms with van der Waals surface area (Å²) in [4.78, 5) is 11.1. The molecular weight excluding hydrogens is 318 g/mol. The Balaban J connectivity index is 1.96. The molecule has 0 radical (unpaired) electrons. The molecule has 1 saturated heterocycles. The van der Waals surface area contributed by atoms with Gasteiger partial charge in [0, 0.05) is 18.8 Å². The van der Waals surface area contributed by atoms with Crippen molar-refractivity contribution in [1.82, 2.24) is 5.32 Å². The fourth-order valence-electron chi connectivity index (χ4n) is 2.04. The summed E-state index contributed by atoms with van der Waals surface area (Å²) in [6, 6.07) is 4.19. The van der Waals surface area contributed by atoms with E-state index in [0.717, 1.165) is 25.0 Å². The Kier molecular flexibility index (Phi) is 5.30. The first-order chi connectivity index (χ1) is 10.4. The predicted molar refractivity (Wildman–Crippen MR) is 75.6 cm³/mol. The lowest BCUT2D eigenvalue weighted by Gasteiger charge is -2.12. The lowest BCUT2D eigenvalue weighted by atomic mass is 10.2. The van der Waals surface area contributed by atoms with Crippen molar-refractivity contribution in [3.05, 3.63) is 24.3 Å². The van der Waals surface area contributed by atoms with Gasteiger partial charge in [-0.3, -0.25) is 0 Å². The molecule has 1 atom stereocenters. The van der Waals surface area contributed by atoms with Crippen molar-refractivity contribution in [2.45, 2.75) is 29.6 Å². The molecule has 2 amide bonds. The summed E-state index contributed by atoms with van der Waals surface area (Å²) in [6.45, 7) is 1.00. The number of hydrogen-bond donors (Lipinski definition) is 2. The first-order valence-electron chi connectivity index (χ1n) is 6.68. The molecule has 1 aliphatic rings. The highest BCUT2D eigenvalue weighted by atomic mass is 32.2. The summed E-state index contributed by atoms with van der Waals surface area (Å²) in [6.07, 6.45) is 1.78. The lowest BCUT2D eigenvalue weighted by Crippen LogP contribution is -2.35. The van der Waals surface area contributed by atoms with E-state index in [1.807, 2.05) is 0 Å². The molecular formula is C13H16F2N2O4S. The van der Waals surface area contributed by atoms with Crippen LogP contribution in [-0.4, -0.2) is 39.5 Å². The second-order valence-corrected chi connectivity index (χ2v) is 6.72. The Labute approximate surface area is 126 Å². The predicted octanol–water partition coefficient (Wildman–Crippen LogP) is 1.98. The monoisotopic (exact) mass is 334 g/mol. The number of hydrogen-bond acceptors (Lipinski definition) is 4. The zero-order valence-electron chi connectivity index (χ0n) is 11.6. The normalized spacial score (nSPS) is 18.4. The topological polar surface area (TPSA) is 84.5 Å². The van der Waals surface area contributed by atoms with Crippen LogP contribution in [0.1, 0.15) is 12.8 Å². The van der Waals surface area contributed by atoms with Crippen LogP contribution in [0.2, 0.25) is 0 Å². The van der Waals surface area contributed by atoms with Crippen molar-refractivity contribution in [1.29, 1.82) is 0 Å². The molecule has 1 aromatic rings. The van der Waals surface area contributed by atoms with E-state index >= 15 is 0 Å². The molecule has 1 heterocycles. The van der Waals surface area contributed by atoms with E-state index in [1.165, 1.54) is 12.1 Å². The number of urea groups is 1. The number of carbonyl (C=O) groups excluding carboxylic acids is 1. The van der Waals surface area contributed by atoms with E-state index < -0.39 is 26.5 Å². The van der Waals surface area contributed by atoms with Gasteiger partial charge in [0.25, 0.3) is 0 Å². The number of rotatable bonds is 5. The van der Waals surface area contributed by atoms with Crippen molar-refractivity contribution < 1.29 is 26.7 Å². The number of ether oxygens (including phenoxy) is 1. The molecule has 2 rings (SSSR count). The summed E-state index contributed by atoms with van der Waals surface area (Å²) >= 11 is 0. The minimum Gasteiger partial charge on any atom is -0.376 e. The summed E-state index contributed by atoms with van der Waals surface area (Å²) in [5, 5.41) is 4.98. The van der Waals surface area contributed by atoms with Gasteiger partial charge in [-0.1, -0.05) is 6.07 Å². The number of carbonyl (C=O) groups is 1. The van der Waals surface area contributed by atoms with Crippen LogP contribution in [0, 0.1) is 0 Å². The highest BCUT2D eigenvalue weighted by Gasteiger charge is 2.26. The van der Waals surface area contributed by atoms with Crippen molar-refractivity contribution in [2.75, 3.05) is 18.5 Å². The minimum absolute atomic E-state index is 0.0312. The van der Waals surface area contributed by atoms with Gasteiger partial charge >= 0.3 is 11.8 Å². The van der Waals surface area contributed by atoms with Crippen molar-refractivity contribution in [2.24, 2.45) is 0 Å². The molecule has 1 unspecified atom stereocenters. The fourth-order valence-corrected chi connectivity index (χ4v) is 2.81. The quantitative estimate of drug-likeness (QED) is 0.862. The molecule has 0 saturated carbocycles. The lowest BCUT2D eigenvalue weighted by molar-refractivity contribution is 0.112. The maximum absolute atomic E-state index is 12.5. The molecule has 122 valence electrons. The average molecular weight is 334 g/mol. The number of amides is 2. The third kappa shape index (κ3) is 4.14. The fraction of sp³-hybridized carbons (Fsp3) is 0.462. The minimum atomic E-state index is -4.69. The summed E-state index contributed by atoms with van der Waals surface area (Å²) < 4.78 is 53.1. The molecule has 1 aromatic carbocycles. The molecule has 1 aliphatic heterocycles. The van der Waals surface area contributed by atoms with E-state index in [1.54, 1.807) is 0 Å². The van der Waals surface area contributed by atoms with Gasteiger partial charge in [-0.2, -0.15) is 8.78 Å². The third-order valence-electron chi connectivity index (χ3n) is 3.17. The van der Waals surface area contributed by atoms with Crippen LogP contribution in [0.3, 0.4) is 0 Å². The van der Waals surface area contributed by atoms with E-state index in [-0.39, 0.29) is 11.8 Å². The second-order valence-electron chi connectivity index (χ2n) is 4.80. The average Bonchev–Trinajstić information content (AvgIpc) is 2.98. The van der Waals surface area contributed by atoms with Crippen LogP contribution in [0.15, 0.2) is 29.2 Å².